The minimum Gasteiger partial charge on any atom is -0.459 e. The first kappa shape index (κ1) is 24.2. The molecule has 0 aliphatic carbocycles. The number of aryl methyl sites for hydroxylation is 1. The smallest absolute Gasteiger partial charge is 0.329 e. The fraction of sp³-hybridized carbons (Fsp3) is 0.200. The number of ether oxygens (including phenoxy) is 1. The van der Waals surface area contributed by atoms with Crippen molar-refractivity contribution in [1.29, 1.82) is 0 Å². The molecule has 1 atom stereocenters. The second-order valence-electron chi connectivity index (χ2n) is 6.69. The number of amides is 1. The molecule has 1 unspecified atom stereocenters. The van der Waals surface area contributed by atoms with Crippen LogP contribution >= 0.6 is 11.9 Å². The van der Waals surface area contributed by atoms with Crippen LogP contribution in [0, 0.1) is 6.92 Å². The molecule has 3 aromatic carbocycles. The third kappa shape index (κ3) is 9.07. The van der Waals surface area contributed by atoms with Gasteiger partial charge >= 0.3 is 5.97 Å². The third-order valence-corrected chi connectivity index (χ3v) is 5.25. The van der Waals surface area contributed by atoms with Gasteiger partial charge in [0.1, 0.15) is 12.6 Å². The highest BCUT2D eigenvalue weighted by Gasteiger charge is 2.19. The van der Waals surface area contributed by atoms with Crippen LogP contribution < -0.4 is 10.0 Å². The maximum absolute atomic E-state index is 12.1. The number of carbonyl (C=O) groups is 2. The summed E-state index contributed by atoms with van der Waals surface area (Å²) < 4.78 is 8.30. The van der Waals surface area contributed by atoms with Crippen LogP contribution in [0.5, 0.6) is 0 Å². The molecule has 1 amide bonds. The maximum atomic E-state index is 12.1. The molecular formula is C25H28N2O3S. The summed E-state index contributed by atoms with van der Waals surface area (Å²) in [6, 6.07) is 26.6. The summed E-state index contributed by atoms with van der Waals surface area (Å²) in [6.45, 7) is 2.31. The highest BCUT2D eigenvalue weighted by molar-refractivity contribution is 7.97. The first-order valence-electron chi connectivity index (χ1n) is 9.97. The number of hydrogen-bond acceptors (Lipinski definition) is 5. The predicted molar refractivity (Wildman–Crippen MR) is 125 cm³/mol. The van der Waals surface area contributed by atoms with Gasteiger partial charge in [-0.3, -0.25) is 9.52 Å². The summed E-state index contributed by atoms with van der Waals surface area (Å²) in [6.07, 6.45) is 0.935. The fourth-order valence-electron chi connectivity index (χ4n) is 2.75. The quantitative estimate of drug-likeness (QED) is 0.297. The molecular weight excluding hydrogens is 408 g/mol. The average Bonchev–Trinajstić information content (AvgIpc) is 2.81. The molecule has 3 aromatic rings. The molecule has 0 heterocycles. The van der Waals surface area contributed by atoms with Gasteiger partial charge in [0.2, 0.25) is 6.41 Å². The second-order valence-corrected chi connectivity index (χ2v) is 7.74. The number of benzene rings is 3. The van der Waals surface area contributed by atoms with Crippen molar-refractivity contribution in [2.24, 2.45) is 0 Å². The molecule has 162 valence electrons. The Kier molecular flexibility index (Phi) is 10.9. The molecule has 0 aliphatic rings. The van der Waals surface area contributed by atoms with Gasteiger partial charge in [-0.1, -0.05) is 78.9 Å². The molecule has 6 heteroatoms. The zero-order chi connectivity index (χ0) is 22.3. The van der Waals surface area contributed by atoms with Crippen LogP contribution in [-0.2, 0) is 27.4 Å². The Bertz CT molecular complexity index is 920. The van der Waals surface area contributed by atoms with E-state index in [1.165, 1.54) is 10.5 Å². The van der Waals surface area contributed by atoms with Crippen molar-refractivity contribution in [3.05, 3.63) is 102 Å². The number of carbonyl (C=O) groups excluding carboxylic acids is 2. The molecule has 31 heavy (non-hydrogen) atoms. The monoisotopic (exact) mass is 436 g/mol. The van der Waals surface area contributed by atoms with E-state index in [0.29, 0.717) is 12.8 Å². The van der Waals surface area contributed by atoms with E-state index in [1.54, 1.807) is 11.9 Å². The minimum absolute atomic E-state index is 0.200. The van der Waals surface area contributed by atoms with Crippen LogP contribution in [0.25, 0.3) is 0 Å². The van der Waals surface area contributed by atoms with E-state index in [4.69, 9.17) is 4.74 Å². The first-order valence-corrected chi connectivity index (χ1v) is 10.8. The van der Waals surface area contributed by atoms with Gasteiger partial charge in [-0.15, -0.1) is 0 Å². The van der Waals surface area contributed by atoms with Gasteiger partial charge in [0, 0.05) is 11.3 Å². The van der Waals surface area contributed by atoms with Crippen molar-refractivity contribution in [2.75, 3.05) is 7.05 Å². The SMILES string of the molecule is CNSc1ccccc1C.O=CNC(Cc1ccccc1)C(=O)OCc1ccccc1. The number of rotatable bonds is 9. The van der Waals surface area contributed by atoms with Crippen LogP contribution in [0.4, 0.5) is 0 Å². The fourth-order valence-corrected chi connectivity index (χ4v) is 3.35. The summed E-state index contributed by atoms with van der Waals surface area (Å²) in [5.41, 5.74) is 3.20. The molecule has 5 nitrogen and oxygen atoms in total. The van der Waals surface area contributed by atoms with Crippen molar-refractivity contribution in [3.63, 3.8) is 0 Å². The summed E-state index contributed by atoms with van der Waals surface area (Å²) in [5, 5.41) is 2.51. The maximum Gasteiger partial charge on any atom is 0.329 e. The lowest BCUT2D eigenvalue weighted by Crippen LogP contribution is -2.39. The van der Waals surface area contributed by atoms with Crippen molar-refractivity contribution < 1.29 is 14.3 Å². The van der Waals surface area contributed by atoms with E-state index in [-0.39, 0.29) is 6.61 Å². The largest absolute Gasteiger partial charge is 0.459 e. The third-order valence-electron chi connectivity index (χ3n) is 4.37. The van der Waals surface area contributed by atoms with E-state index in [1.807, 2.05) is 73.8 Å². The summed E-state index contributed by atoms with van der Waals surface area (Å²) in [5.74, 6) is -0.435. The van der Waals surface area contributed by atoms with Gasteiger partial charge < -0.3 is 10.1 Å². The Hall–Kier alpha value is -3.09. The zero-order valence-electron chi connectivity index (χ0n) is 17.8. The molecule has 0 spiro atoms. The van der Waals surface area contributed by atoms with Gasteiger partial charge in [-0.05, 0) is 48.7 Å². The number of hydrogen-bond donors (Lipinski definition) is 2. The van der Waals surface area contributed by atoms with Gasteiger partial charge in [-0.25, -0.2) is 4.79 Å². The molecule has 0 aromatic heterocycles. The molecule has 0 bridgehead atoms. The van der Waals surface area contributed by atoms with Crippen LogP contribution in [0.1, 0.15) is 16.7 Å². The first-order chi connectivity index (χ1) is 15.1. The molecule has 0 saturated carbocycles. The Labute approximate surface area is 188 Å². The lowest BCUT2D eigenvalue weighted by atomic mass is 10.1. The van der Waals surface area contributed by atoms with Gasteiger partial charge in [-0.2, -0.15) is 0 Å². The normalized spacial score (nSPS) is 10.9. The lowest BCUT2D eigenvalue weighted by molar-refractivity contribution is -0.148. The van der Waals surface area contributed by atoms with Crippen LogP contribution in [0.3, 0.4) is 0 Å². The van der Waals surface area contributed by atoms with Crippen molar-refractivity contribution >= 4 is 24.3 Å². The van der Waals surface area contributed by atoms with Crippen molar-refractivity contribution in [1.82, 2.24) is 10.0 Å². The standard InChI is InChI=1S/C17H17NO3.C8H11NS/c19-13-18-16(11-14-7-3-1-4-8-14)17(20)21-12-15-9-5-2-6-10-15;1-7-5-3-4-6-8(7)10-9-2/h1-10,13,16H,11-12H2,(H,18,19);3-6,9H,1-2H3. The second kappa shape index (κ2) is 14.0. The minimum atomic E-state index is -0.673. The average molecular weight is 437 g/mol. The molecule has 2 N–H and O–H groups in total. The van der Waals surface area contributed by atoms with E-state index < -0.39 is 12.0 Å². The number of esters is 1. The Morgan fingerprint density at radius 2 is 1.52 bits per heavy atom. The van der Waals surface area contributed by atoms with Crippen molar-refractivity contribution in [3.8, 4) is 0 Å². The van der Waals surface area contributed by atoms with Gasteiger partial charge in [0.25, 0.3) is 0 Å². The molecule has 0 fully saturated rings. The molecule has 0 aliphatic heterocycles. The number of nitrogens with one attached hydrogen (secondary N) is 2. The highest BCUT2D eigenvalue weighted by Crippen LogP contribution is 2.17. The van der Waals surface area contributed by atoms with Gasteiger partial charge in [0.05, 0.1) is 0 Å². The zero-order valence-corrected chi connectivity index (χ0v) is 18.6. The van der Waals surface area contributed by atoms with Gasteiger partial charge in [0.15, 0.2) is 0 Å². The summed E-state index contributed by atoms with van der Waals surface area (Å²) in [4.78, 5) is 24.0. The topological polar surface area (TPSA) is 67.4 Å². The van der Waals surface area contributed by atoms with E-state index in [0.717, 1.165) is 11.1 Å². The van der Waals surface area contributed by atoms with E-state index in [2.05, 4.69) is 35.2 Å². The lowest BCUT2D eigenvalue weighted by Gasteiger charge is -2.15. The highest BCUT2D eigenvalue weighted by atomic mass is 32.2. The molecule has 3 rings (SSSR count). The Morgan fingerprint density at radius 1 is 0.935 bits per heavy atom. The predicted octanol–water partition coefficient (Wildman–Crippen LogP) is 4.31. The van der Waals surface area contributed by atoms with Crippen LogP contribution in [0.15, 0.2) is 89.8 Å². The van der Waals surface area contributed by atoms with Crippen LogP contribution in [-0.4, -0.2) is 25.5 Å². The van der Waals surface area contributed by atoms with E-state index >= 15 is 0 Å². The van der Waals surface area contributed by atoms with Crippen molar-refractivity contribution in [2.45, 2.75) is 30.9 Å². The Balaban J connectivity index is 0.000000285. The summed E-state index contributed by atoms with van der Waals surface area (Å²) in [7, 11) is 1.93. The summed E-state index contributed by atoms with van der Waals surface area (Å²) >= 11 is 1.65. The molecule has 0 saturated heterocycles. The van der Waals surface area contributed by atoms with E-state index in [9.17, 15) is 9.59 Å². The van der Waals surface area contributed by atoms with Crippen LogP contribution in [0.2, 0.25) is 0 Å². The molecule has 0 radical (unpaired) electrons. The Morgan fingerprint density at radius 3 is 2.10 bits per heavy atom.